The Kier molecular flexibility index (Phi) is 8.06. The Labute approximate surface area is 228 Å². The fourth-order valence-corrected chi connectivity index (χ4v) is 4.26. The number of anilines is 1. The first-order chi connectivity index (χ1) is 19.5. The van der Waals surface area contributed by atoms with Gasteiger partial charge in [-0.15, -0.1) is 5.10 Å². The Morgan fingerprint density at radius 2 is 1.90 bits per heavy atom. The van der Waals surface area contributed by atoms with Crippen molar-refractivity contribution in [2.45, 2.75) is 25.8 Å². The van der Waals surface area contributed by atoms with Gasteiger partial charge in [-0.05, 0) is 72.1 Å². The molecule has 0 radical (unpaired) electrons. The number of hydrogen-bond acceptors (Lipinski definition) is 12. The summed E-state index contributed by atoms with van der Waals surface area (Å²) in [6.45, 7) is 2.18. The highest BCUT2D eigenvalue weighted by Gasteiger charge is 2.26. The van der Waals surface area contributed by atoms with Crippen molar-refractivity contribution in [2.75, 3.05) is 25.9 Å². The predicted octanol–water partition coefficient (Wildman–Crippen LogP) is 2.21. The summed E-state index contributed by atoms with van der Waals surface area (Å²) < 4.78 is 16.9. The third kappa shape index (κ3) is 5.96. The van der Waals surface area contributed by atoms with Gasteiger partial charge in [0.1, 0.15) is 0 Å². The number of likely N-dealkylation sites (tertiary alicyclic amines) is 1. The first kappa shape index (κ1) is 26.5. The molecule has 0 bridgehead atoms. The molecule has 3 heterocycles. The molecular weight excluding hydrogens is 518 g/mol. The number of aromatic nitrogens is 5. The molecule has 2 aromatic carbocycles. The fourth-order valence-electron chi connectivity index (χ4n) is 4.26. The van der Waals surface area contributed by atoms with E-state index in [2.05, 4.69) is 36.1 Å². The number of ether oxygens (including phenoxy) is 2. The van der Waals surface area contributed by atoms with E-state index in [0.29, 0.717) is 29.1 Å². The van der Waals surface area contributed by atoms with Crippen molar-refractivity contribution in [1.82, 2.24) is 35.6 Å². The molecule has 2 aromatic heterocycles. The molecule has 5 rings (SSSR count). The first-order valence-corrected chi connectivity index (χ1v) is 12.6. The fraction of sp³-hybridized carbons (Fsp3) is 0.269. The monoisotopic (exact) mass is 545 g/mol. The Hall–Kier alpha value is -5.11. The Bertz CT molecular complexity index is 1510. The molecule has 0 saturated carbocycles. The lowest BCUT2D eigenvalue weighted by molar-refractivity contribution is 0.0729. The van der Waals surface area contributed by atoms with Crippen LogP contribution in [0.1, 0.15) is 51.4 Å². The van der Waals surface area contributed by atoms with Crippen molar-refractivity contribution < 1.29 is 23.7 Å². The second-order valence-corrected chi connectivity index (χ2v) is 8.97. The van der Waals surface area contributed by atoms with Gasteiger partial charge in [-0.1, -0.05) is 29.8 Å². The van der Waals surface area contributed by atoms with Crippen molar-refractivity contribution in [3.8, 4) is 17.3 Å². The zero-order valence-electron chi connectivity index (χ0n) is 21.7. The third-order valence-corrected chi connectivity index (χ3v) is 6.28. The number of nitrogen functional groups attached to an aromatic ring is 1. The van der Waals surface area contributed by atoms with Gasteiger partial charge in [0.2, 0.25) is 11.6 Å². The van der Waals surface area contributed by atoms with Crippen LogP contribution in [0.3, 0.4) is 0 Å². The van der Waals surface area contributed by atoms with Gasteiger partial charge in [0.25, 0.3) is 5.91 Å². The van der Waals surface area contributed by atoms with E-state index in [1.807, 2.05) is 6.07 Å². The van der Waals surface area contributed by atoms with Crippen molar-refractivity contribution >= 4 is 23.9 Å². The Morgan fingerprint density at radius 1 is 1.10 bits per heavy atom. The molecule has 40 heavy (non-hydrogen) atoms. The number of rotatable bonds is 9. The lowest BCUT2D eigenvalue weighted by Crippen LogP contribution is -2.31. The molecule has 0 atom stereocenters. The Morgan fingerprint density at radius 3 is 2.62 bits per heavy atom. The van der Waals surface area contributed by atoms with E-state index in [0.717, 1.165) is 32.4 Å². The number of methoxy groups -OCH3 is 1. The van der Waals surface area contributed by atoms with Gasteiger partial charge >= 0.3 is 5.97 Å². The predicted molar refractivity (Wildman–Crippen MR) is 142 cm³/mol. The van der Waals surface area contributed by atoms with Crippen molar-refractivity contribution in [3.05, 3.63) is 71.0 Å². The lowest BCUT2D eigenvalue weighted by atomic mass is 10.1. The van der Waals surface area contributed by atoms with Crippen LogP contribution >= 0.6 is 0 Å². The molecule has 4 aromatic rings. The number of hydrogen-bond donors (Lipinski definition) is 2. The van der Waals surface area contributed by atoms with Gasteiger partial charge in [0.05, 0.1) is 24.6 Å². The molecule has 1 saturated heterocycles. The van der Waals surface area contributed by atoms with Crippen LogP contribution in [0.15, 0.2) is 58.3 Å². The van der Waals surface area contributed by atoms with E-state index in [1.165, 1.54) is 18.0 Å². The highest BCUT2D eigenvalue weighted by molar-refractivity contribution is 5.94. The van der Waals surface area contributed by atoms with Crippen LogP contribution in [-0.4, -0.2) is 68.5 Å². The van der Waals surface area contributed by atoms with Gasteiger partial charge < -0.3 is 15.2 Å². The van der Waals surface area contributed by atoms with E-state index < -0.39 is 11.9 Å². The number of hydrazone groups is 1. The van der Waals surface area contributed by atoms with Crippen LogP contribution in [0, 0.1) is 0 Å². The van der Waals surface area contributed by atoms with Gasteiger partial charge in [0, 0.05) is 6.54 Å². The summed E-state index contributed by atoms with van der Waals surface area (Å²) >= 11 is 0. The minimum absolute atomic E-state index is 0.0293. The zero-order chi connectivity index (χ0) is 27.9. The van der Waals surface area contributed by atoms with Crippen LogP contribution in [0.25, 0.3) is 5.82 Å². The minimum atomic E-state index is -0.565. The van der Waals surface area contributed by atoms with Crippen LogP contribution in [0.2, 0.25) is 0 Å². The van der Waals surface area contributed by atoms with E-state index in [1.54, 1.807) is 42.5 Å². The number of nitrogens with zero attached hydrogens (tertiary/aromatic N) is 7. The van der Waals surface area contributed by atoms with Gasteiger partial charge in [0.15, 0.2) is 17.2 Å². The number of carbonyl (C=O) groups excluding carboxylic acids is 2. The zero-order valence-corrected chi connectivity index (χ0v) is 21.7. The number of carbonyl (C=O) groups is 2. The Balaban J connectivity index is 1.30. The second kappa shape index (κ2) is 12.2. The number of nitrogens with two attached hydrogens (primary N) is 1. The molecule has 206 valence electrons. The molecular formula is C26H27N9O5. The highest BCUT2D eigenvalue weighted by Crippen LogP contribution is 2.28. The molecule has 14 heteroatoms. The average molecular weight is 546 g/mol. The van der Waals surface area contributed by atoms with Crippen LogP contribution in [0.4, 0.5) is 5.82 Å². The van der Waals surface area contributed by atoms with E-state index in [9.17, 15) is 9.59 Å². The smallest absolute Gasteiger partial charge is 0.343 e. The van der Waals surface area contributed by atoms with Crippen molar-refractivity contribution in [2.24, 2.45) is 5.10 Å². The van der Waals surface area contributed by atoms with Crippen molar-refractivity contribution in [1.29, 1.82) is 0 Å². The summed E-state index contributed by atoms with van der Waals surface area (Å²) in [7, 11) is 1.46. The quantitative estimate of drug-likeness (QED) is 0.136. The van der Waals surface area contributed by atoms with Crippen LogP contribution in [-0.2, 0) is 6.54 Å². The van der Waals surface area contributed by atoms with Crippen LogP contribution in [0.5, 0.6) is 11.5 Å². The average Bonchev–Trinajstić information content (AvgIpc) is 3.60. The lowest BCUT2D eigenvalue weighted by Gasteiger charge is -2.26. The number of piperidine rings is 1. The topological polar surface area (TPSA) is 176 Å². The molecule has 1 aliphatic heterocycles. The second-order valence-electron chi connectivity index (χ2n) is 8.97. The van der Waals surface area contributed by atoms with E-state index in [-0.39, 0.29) is 23.1 Å². The molecule has 0 spiro atoms. The largest absolute Gasteiger partial charge is 0.493 e. The number of amides is 1. The summed E-state index contributed by atoms with van der Waals surface area (Å²) in [5, 5.41) is 19.6. The number of esters is 1. The van der Waals surface area contributed by atoms with E-state index >= 15 is 0 Å². The van der Waals surface area contributed by atoms with Crippen LogP contribution < -0.4 is 20.6 Å². The number of benzene rings is 2. The van der Waals surface area contributed by atoms with Gasteiger partial charge in [-0.3, -0.25) is 9.69 Å². The summed E-state index contributed by atoms with van der Waals surface area (Å²) in [6, 6.07) is 13.5. The SMILES string of the molecule is COc1cc(/C=N\NC(=O)c2nnn(-c3nonc3N)c2CN2CCCCC2)ccc1OC(=O)c1ccccc1. The molecule has 0 unspecified atom stereocenters. The molecule has 14 nitrogen and oxygen atoms in total. The number of nitrogens with one attached hydrogen (secondary N) is 1. The van der Waals surface area contributed by atoms with Gasteiger partial charge in [-0.25, -0.2) is 14.8 Å². The molecule has 1 amide bonds. The highest BCUT2D eigenvalue weighted by atomic mass is 16.6. The molecule has 1 fully saturated rings. The standard InChI is InChI=1S/C26H27N9O5/c1-38-21-14-17(10-11-20(21)39-26(37)18-8-4-2-5-9-18)15-28-30-25(36)22-19(16-34-12-6-3-7-13-34)35(33-29-22)24-23(27)31-40-32-24/h2,4-5,8-11,14-15H,3,6-7,12-13,16H2,1H3,(H2,27,31)(H,30,36)/b28-15-. The van der Waals surface area contributed by atoms with Crippen molar-refractivity contribution in [3.63, 3.8) is 0 Å². The molecule has 1 aliphatic rings. The molecule has 3 N–H and O–H groups in total. The van der Waals surface area contributed by atoms with E-state index in [4.69, 9.17) is 19.8 Å². The summed E-state index contributed by atoms with van der Waals surface area (Å²) in [6.07, 6.45) is 4.72. The maximum atomic E-state index is 13.1. The maximum absolute atomic E-state index is 13.1. The normalized spacial score (nSPS) is 13.8. The summed E-state index contributed by atoms with van der Waals surface area (Å²) in [5.41, 5.74) is 9.92. The molecule has 0 aliphatic carbocycles. The first-order valence-electron chi connectivity index (χ1n) is 12.6. The maximum Gasteiger partial charge on any atom is 0.343 e. The third-order valence-electron chi connectivity index (χ3n) is 6.28. The van der Waals surface area contributed by atoms with Gasteiger partial charge in [-0.2, -0.15) is 9.78 Å². The summed E-state index contributed by atoms with van der Waals surface area (Å²) in [5.74, 6) is -0.318. The summed E-state index contributed by atoms with van der Waals surface area (Å²) in [4.78, 5) is 27.7. The minimum Gasteiger partial charge on any atom is -0.493 e.